The second kappa shape index (κ2) is 6.28. The molecule has 0 unspecified atom stereocenters. The lowest BCUT2D eigenvalue weighted by Gasteiger charge is -2.14. The van der Waals surface area contributed by atoms with Gasteiger partial charge in [0.2, 0.25) is 0 Å². The second-order valence-corrected chi connectivity index (χ2v) is 5.29. The number of alkyl halides is 3. The zero-order valence-electron chi connectivity index (χ0n) is 11.4. The highest BCUT2D eigenvalue weighted by atomic mass is 32.2. The van der Waals surface area contributed by atoms with Gasteiger partial charge in [-0.25, -0.2) is 4.79 Å². The standard InChI is InChI=1S/C10H8F3NO8S/c1-20-7-4-5(14(16)17)3-6(9(15)21-2)8(7)22-23(18,19)10(11,12)13/h3-4H,1-2H3. The summed E-state index contributed by atoms with van der Waals surface area (Å²) in [4.78, 5) is 21.3. The van der Waals surface area contributed by atoms with Crippen LogP contribution in [-0.2, 0) is 14.9 Å². The number of hydrogen-bond acceptors (Lipinski definition) is 8. The van der Waals surface area contributed by atoms with Crippen molar-refractivity contribution in [3.05, 3.63) is 27.8 Å². The fraction of sp³-hybridized carbons (Fsp3) is 0.300. The lowest BCUT2D eigenvalue weighted by atomic mass is 10.1. The zero-order valence-corrected chi connectivity index (χ0v) is 12.2. The number of carbonyl (C=O) groups excluding carboxylic acids is 1. The molecule has 13 heteroatoms. The van der Waals surface area contributed by atoms with Gasteiger partial charge in [0.15, 0.2) is 11.5 Å². The molecule has 0 atom stereocenters. The predicted molar refractivity (Wildman–Crippen MR) is 66.6 cm³/mol. The van der Waals surface area contributed by atoms with E-state index in [1.54, 1.807) is 0 Å². The van der Waals surface area contributed by atoms with Crippen LogP contribution in [0.2, 0.25) is 0 Å². The van der Waals surface area contributed by atoms with Crippen LogP contribution in [0.15, 0.2) is 12.1 Å². The first-order valence-electron chi connectivity index (χ1n) is 5.40. The molecule has 0 aliphatic rings. The smallest absolute Gasteiger partial charge is 0.493 e. The highest BCUT2D eigenvalue weighted by molar-refractivity contribution is 7.88. The van der Waals surface area contributed by atoms with Crippen LogP contribution in [0, 0.1) is 10.1 Å². The molecule has 0 aliphatic heterocycles. The molecule has 0 fully saturated rings. The van der Waals surface area contributed by atoms with Crippen LogP contribution in [0.1, 0.15) is 10.4 Å². The average molecular weight is 359 g/mol. The molecule has 0 aromatic heterocycles. The van der Waals surface area contributed by atoms with E-state index in [1.807, 2.05) is 0 Å². The van der Waals surface area contributed by atoms with Crippen LogP contribution in [-0.4, -0.2) is 39.0 Å². The Morgan fingerprint density at radius 3 is 2.22 bits per heavy atom. The summed E-state index contributed by atoms with van der Waals surface area (Å²) in [6.07, 6.45) is 0. The molecule has 128 valence electrons. The van der Waals surface area contributed by atoms with Gasteiger partial charge in [0.25, 0.3) is 5.69 Å². The molecule has 1 aromatic carbocycles. The van der Waals surface area contributed by atoms with Crippen molar-refractivity contribution in [1.29, 1.82) is 0 Å². The molecule has 0 saturated heterocycles. The van der Waals surface area contributed by atoms with Crippen LogP contribution >= 0.6 is 0 Å². The summed E-state index contributed by atoms with van der Waals surface area (Å²) in [5.41, 5.74) is -7.46. The molecule has 0 saturated carbocycles. The molecule has 1 rings (SSSR count). The molecule has 0 N–H and O–H groups in total. The Balaban J connectivity index is 3.63. The fourth-order valence-electron chi connectivity index (χ4n) is 1.35. The summed E-state index contributed by atoms with van der Waals surface area (Å²) in [6.45, 7) is 0. The Morgan fingerprint density at radius 2 is 1.83 bits per heavy atom. The number of non-ortho nitro benzene ring substituents is 1. The van der Waals surface area contributed by atoms with E-state index in [-0.39, 0.29) is 0 Å². The summed E-state index contributed by atoms with van der Waals surface area (Å²) >= 11 is 0. The summed E-state index contributed by atoms with van der Waals surface area (Å²) < 4.78 is 72.0. The van der Waals surface area contributed by atoms with Gasteiger partial charge in [0.05, 0.1) is 25.2 Å². The van der Waals surface area contributed by atoms with Gasteiger partial charge in [-0.15, -0.1) is 0 Å². The van der Waals surface area contributed by atoms with Gasteiger partial charge < -0.3 is 13.7 Å². The molecular formula is C10H8F3NO8S. The quantitative estimate of drug-likeness (QED) is 0.255. The molecule has 0 bridgehead atoms. The summed E-state index contributed by atoms with van der Waals surface area (Å²) in [6, 6.07) is 1.09. The first-order valence-corrected chi connectivity index (χ1v) is 6.81. The maximum atomic E-state index is 12.4. The van der Waals surface area contributed by atoms with E-state index < -0.39 is 49.3 Å². The van der Waals surface area contributed by atoms with Crippen molar-refractivity contribution in [2.45, 2.75) is 5.51 Å². The third-order valence-electron chi connectivity index (χ3n) is 2.35. The molecule has 0 heterocycles. The molecule has 0 radical (unpaired) electrons. The largest absolute Gasteiger partial charge is 0.534 e. The Morgan fingerprint density at radius 1 is 1.26 bits per heavy atom. The van der Waals surface area contributed by atoms with Crippen molar-refractivity contribution in [2.75, 3.05) is 14.2 Å². The minimum absolute atomic E-state index is 0.496. The topological polar surface area (TPSA) is 122 Å². The van der Waals surface area contributed by atoms with Crippen LogP contribution < -0.4 is 8.92 Å². The van der Waals surface area contributed by atoms with E-state index in [2.05, 4.69) is 13.7 Å². The van der Waals surface area contributed by atoms with Gasteiger partial charge in [-0.1, -0.05) is 0 Å². The number of ether oxygens (including phenoxy) is 2. The van der Waals surface area contributed by atoms with E-state index >= 15 is 0 Å². The number of rotatable bonds is 5. The SMILES string of the molecule is COC(=O)c1cc([N+](=O)[O-])cc(OC)c1OS(=O)(=O)C(F)(F)F. The van der Waals surface area contributed by atoms with Gasteiger partial charge in [0, 0.05) is 6.07 Å². The lowest BCUT2D eigenvalue weighted by molar-refractivity contribution is -0.385. The number of benzene rings is 1. The van der Waals surface area contributed by atoms with Gasteiger partial charge in [-0.3, -0.25) is 10.1 Å². The van der Waals surface area contributed by atoms with Crippen molar-refractivity contribution < 1.29 is 45.0 Å². The van der Waals surface area contributed by atoms with Gasteiger partial charge in [0.1, 0.15) is 5.56 Å². The first-order chi connectivity index (χ1) is 10.4. The second-order valence-electron chi connectivity index (χ2n) is 3.76. The fourth-order valence-corrected chi connectivity index (χ4v) is 1.84. The highest BCUT2D eigenvalue weighted by Crippen LogP contribution is 2.39. The Hall–Kier alpha value is -2.57. The van der Waals surface area contributed by atoms with E-state index in [9.17, 15) is 36.5 Å². The molecule has 23 heavy (non-hydrogen) atoms. The minimum Gasteiger partial charge on any atom is -0.493 e. The van der Waals surface area contributed by atoms with E-state index in [4.69, 9.17) is 0 Å². The molecule has 0 aliphatic carbocycles. The van der Waals surface area contributed by atoms with Gasteiger partial charge >= 0.3 is 21.6 Å². The normalized spacial score (nSPS) is 11.7. The Bertz CT molecular complexity index is 743. The summed E-state index contributed by atoms with van der Waals surface area (Å²) in [5.74, 6) is -3.31. The van der Waals surface area contributed by atoms with E-state index in [0.717, 1.165) is 14.2 Å². The summed E-state index contributed by atoms with van der Waals surface area (Å²) in [5, 5.41) is 10.7. The molecule has 1 aromatic rings. The average Bonchev–Trinajstić information content (AvgIpc) is 2.44. The van der Waals surface area contributed by atoms with E-state index in [0.29, 0.717) is 12.1 Å². The number of carbonyl (C=O) groups is 1. The zero-order chi connectivity index (χ0) is 18.0. The minimum atomic E-state index is -6.14. The molecule has 0 amide bonds. The van der Waals surface area contributed by atoms with Crippen LogP contribution in [0.25, 0.3) is 0 Å². The molecular weight excluding hydrogens is 351 g/mol. The number of methoxy groups -OCH3 is 2. The van der Waals surface area contributed by atoms with E-state index in [1.165, 1.54) is 0 Å². The lowest BCUT2D eigenvalue weighted by Crippen LogP contribution is -2.29. The van der Waals surface area contributed by atoms with Crippen molar-refractivity contribution in [3.63, 3.8) is 0 Å². The third-order valence-corrected chi connectivity index (χ3v) is 3.31. The number of nitro groups is 1. The predicted octanol–water partition coefficient (Wildman–Crippen LogP) is 1.62. The van der Waals surface area contributed by atoms with Gasteiger partial charge in [-0.05, 0) is 0 Å². The van der Waals surface area contributed by atoms with Crippen LogP contribution in [0.3, 0.4) is 0 Å². The van der Waals surface area contributed by atoms with Crippen molar-refractivity contribution in [3.8, 4) is 11.5 Å². The summed E-state index contributed by atoms with van der Waals surface area (Å²) in [7, 11) is -4.43. The number of nitro benzene ring substituents is 1. The number of halogens is 3. The van der Waals surface area contributed by atoms with Crippen LogP contribution in [0.4, 0.5) is 18.9 Å². The number of hydrogen-bond donors (Lipinski definition) is 0. The maximum Gasteiger partial charge on any atom is 0.534 e. The van der Waals surface area contributed by atoms with Crippen molar-refractivity contribution >= 4 is 21.8 Å². The Kier molecular flexibility index (Phi) is 5.04. The van der Waals surface area contributed by atoms with Gasteiger partial charge in [-0.2, -0.15) is 21.6 Å². The monoisotopic (exact) mass is 359 g/mol. The Labute approximate surface area is 126 Å². The maximum absolute atomic E-state index is 12.4. The highest BCUT2D eigenvalue weighted by Gasteiger charge is 2.49. The van der Waals surface area contributed by atoms with Crippen molar-refractivity contribution in [1.82, 2.24) is 0 Å². The number of nitrogens with zero attached hydrogens (tertiary/aromatic N) is 1. The molecule has 0 spiro atoms. The van der Waals surface area contributed by atoms with Crippen molar-refractivity contribution in [2.24, 2.45) is 0 Å². The first kappa shape index (κ1) is 18.5. The third kappa shape index (κ3) is 3.80. The molecule has 9 nitrogen and oxygen atoms in total. The van der Waals surface area contributed by atoms with Crippen LogP contribution in [0.5, 0.6) is 11.5 Å². The number of esters is 1.